The zero-order valence-electron chi connectivity index (χ0n) is 34.6. The van der Waals surface area contributed by atoms with Gasteiger partial charge in [0.2, 0.25) is 0 Å². The van der Waals surface area contributed by atoms with Crippen LogP contribution in [0.5, 0.6) is 0 Å². The van der Waals surface area contributed by atoms with Crippen LogP contribution < -0.4 is 0 Å². The van der Waals surface area contributed by atoms with Gasteiger partial charge in [0.25, 0.3) is 0 Å². The highest BCUT2D eigenvalue weighted by atomic mass is 31.2. The van der Waals surface area contributed by atoms with Crippen molar-refractivity contribution in [2.24, 2.45) is 0 Å². The molecule has 0 aromatic rings. The van der Waals surface area contributed by atoms with Gasteiger partial charge in [0, 0.05) is 12.8 Å². The van der Waals surface area contributed by atoms with E-state index in [1.54, 1.807) is 0 Å². The summed E-state index contributed by atoms with van der Waals surface area (Å²) in [5.41, 5.74) is 0. The Morgan fingerprint density at radius 1 is 0.577 bits per heavy atom. The quantitative estimate of drug-likeness (QED) is 0.0217. The number of unbranched alkanes of at least 4 members (excludes halogenated alkanes) is 23. The van der Waals surface area contributed by atoms with Crippen molar-refractivity contribution in [3.8, 4) is 0 Å². The molecular weight excluding hydrogens is 677 g/mol. The Morgan fingerprint density at radius 3 is 1.42 bits per heavy atom. The highest BCUT2D eigenvalue weighted by Crippen LogP contribution is 2.43. The van der Waals surface area contributed by atoms with Gasteiger partial charge in [-0.15, -0.1) is 0 Å². The number of phosphoric ester groups is 1. The van der Waals surface area contributed by atoms with E-state index in [4.69, 9.17) is 18.5 Å². The van der Waals surface area contributed by atoms with Crippen LogP contribution in [0.4, 0.5) is 0 Å². The predicted molar refractivity (Wildman–Crippen MR) is 215 cm³/mol. The summed E-state index contributed by atoms with van der Waals surface area (Å²) in [7, 11) is 1.48. The minimum Gasteiger partial charge on any atom is -0.462 e. The van der Waals surface area contributed by atoms with Gasteiger partial charge in [0.1, 0.15) is 19.8 Å². The van der Waals surface area contributed by atoms with Crippen LogP contribution in [0.25, 0.3) is 0 Å². The van der Waals surface area contributed by atoms with Crippen molar-refractivity contribution in [1.29, 1.82) is 0 Å². The summed E-state index contributed by atoms with van der Waals surface area (Å²) in [6.45, 7) is 4.38. The van der Waals surface area contributed by atoms with E-state index in [1.165, 1.54) is 128 Å². The second-order valence-electron chi connectivity index (χ2n) is 15.7. The Bertz CT molecular complexity index is 907. The van der Waals surface area contributed by atoms with Crippen molar-refractivity contribution >= 4 is 19.8 Å². The molecule has 9 nitrogen and oxygen atoms in total. The van der Waals surface area contributed by atoms with Crippen molar-refractivity contribution in [1.82, 2.24) is 0 Å². The molecule has 2 atom stereocenters. The number of ether oxygens (including phenoxy) is 2. The lowest BCUT2D eigenvalue weighted by molar-refractivity contribution is -0.870. The van der Waals surface area contributed by atoms with E-state index in [1.807, 2.05) is 21.1 Å². The van der Waals surface area contributed by atoms with Crippen molar-refractivity contribution in [3.63, 3.8) is 0 Å². The molecule has 0 aromatic carbocycles. The Balaban J connectivity index is 4.20. The van der Waals surface area contributed by atoms with E-state index < -0.39 is 26.5 Å². The molecule has 0 spiro atoms. The number of hydrogen-bond donors (Lipinski definition) is 1. The van der Waals surface area contributed by atoms with E-state index in [2.05, 4.69) is 26.0 Å². The van der Waals surface area contributed by atoms with Gasteiger partial charge >= 0.3 is 19.8 Å². The molecule has 0 saturated heterocycles. The fraction of sp³-hybridized carbons (Fsp3) is 0.905. The fourth-order valence-electron chi connectivity index (χ4n) is 5.89. The SMILES string of the molecule is CCCCCCCCCC/C=C\CCCCCCCCCCCC(=O)OC(COC(=O)CCCCCCCCC)COP(=O)(O)OCC[N+](C)(C)C. The molecule has 1 N–H and O–H groups in total. The summed E-state index contributed by atoms with van der Waals surface area (Å²) < 4.78 is 34.1. The summed E-state index contributed by atoms with van der Waals surface area (Å²) in [6, 6.07) is 0. The third kappa shape index (κ3) is 38.5. The lowest BCUT2D eigenvalue weighted by Gasteiger charge is -2.24. The van der Waals surface area contributed by atoms with Gasteiger partial charge in [0.15, 0.2) is 6.10 Å². The number of nitrogens with zero attached hydrogens (tertiary/aromatic N) is 1. The third-order valence-electron chi connectivity index (χ3n) is 9.30. The molecule has 0 aliphatic heterocycles. The van der Waals surface area contributed by atoms with Gasteiger partial charge in [-0.3, -0.25) is 18.6 Å². The minimum absolute atomic E-state index is 0.0340. The topological polar surface area (TPSA) is 108 Å². The van der Waals surface area contributed by atoms with Crippen molar-refractivity contribution in [3.05, 3.63) is 12.2 Å². The van der Waals surface area contributed by atoms with Gasteiger partial charge in [-0.25, -0.2) is 4.57 Å². The first-order valence-electron chi connectivity index (χ1n) is 21.4. The number of rotatable bonds is 39. The summed E-state index contributed by atoms with van der Waals surface area (Å²) in [5, 5.41) is 0. The summed E-state index contributed by atoms with van der Waals surface area (Å²) in [6.07, 6.45) is 35.7. The summed E-state index contributed by atoms with van der Waals surface area (Å²) in [4.78, 5) is 35.1. The Morgan fingerprint density at radius 2 is 0.981 bits per heavy atom. The third-order valence-corrected chi connectivity index (χ3v) is 10.3. The first kappa shape index (κ1) is 50.8. The molecular formula is C42H83NO8P+. The van der Waals surface area contributed by atoms with Crippen LogP contribution in [0.2, 0.25) is 0 Å². The molecule has 0 rings (SSSR count). The maximum Gasteiger partial charge on any atom is 0.472 e. The molecule has 0 heterocycles. The number of hydrogen-bond acceptors (Lipinski definition) is 7. The molecule has 0 aliphatic carbocycles. The number of phosphoric acid groups is 1. The molecule has 0 aliphatic rings. The maximum absolute atomic E-state index is 12.6. The zero-order valence-corrected chi connectivity index (χ0v) is 35.5. The average molecular weight is 761 g/mol. The van der Waals surface area contributed by atoms with Crippen LogP contribution in [0.1, 0.15) is 194 Å². The molecule has 0 saturated carbocycles. The van der Waals surface area contributed by atoms with Gasteiger partial charge in [-0.1, -0.05) is 154 Å². The molecule has 0 amide bonds. The average Bonchev–Trinajstić information content (AvgIpc) is 3.09. The normalized spacial score (nSPS) is 13.7. The van der Waals surface area contributed by atoms with Gasteiger partial charge in [0.05, 0.1) is 27.7 Å². The molecule has 0 aromatic heterocycles. The Kier molecular flexibility index (Phi) is 34.6. The number of carbonyl (C=O) groups is 2. The van der Waals surface area contributed by atoms with Crippen LogP contribution >= 0.6 is 7.82 Å². The van der Waals surface area contributed by atoms with Crippen molar-refractivity contribution < 1.29 is 42.1 Å². The van der Waals surface area contributed by atoms with E-state index in [-0.39, 0.29) is 25.6 Å². The van der Waals surface area contributed by atoms with E-state index in [0.717, 1.165) is 32.1 Å². The largest absolute Gasteiger partial charge is 0.472 e. The maximum atomic E-state index is 12.6. The highest BCUT2D eigenvalue weighted by Gasteiger charge is 2.27. The van der Waals surface area contributed by atoms with Crippen LogP contribution in [0.3, 0.4) is 0 Å². The lowest BCUT2D eigenvalue weighted by atomic mass is 10.1. The Labute approximate surface area is 320 Å². The molecule has 0 radical (unpaired) electrons. The monoisotopic (exact) mass is 761 g/mol. The van der Waals surface area contributed by atoms with Crippen molar-refractivity contribution in [2.45, 2.75) is 200 Å². The molecule has 10 heteroatoms. The lowest BCUT2D eigenvalue weighted by Crippen LogP contribution is -2.37. The first-order chi connectivity index (χ1) is 25.0. The van der Waals surface area contributed by atoms with E-state index in [0.29, 0.717) is 23.9 Å². The predicted octanol–water partition coefficient (Wildman–Crippen LogP) is 11.8. The summed E-state index contributed by atoms with van der Waals surface area (Å²) in [5.74, 6) is -0.801. The molecule has 308 valence electrons. The van der Waals surface area contributed by atoms with Crippen LogP contribution in [0.15, 0.2) is 12.2 Å². The number of esters is 2. The van der Waals surface area contributed by atoms with Crippen molar-refractivity contribution in [2.75, 3.05) is 47.5 Å². The number of likely N-dealkylation sites (N-methyl/N-ethyl adjacent to an activating group) is 1. The molecule has 0 bridgehead atoms. The van der Waals surface area contributed by atoms with Crippen LogP contribution in [-0.2, 0) is 32.7 Å². The second kappa shape index (κ2) is 35.5. The van der Waals surface area contributed by atoms with E-state index in [9.17, 15) is 19.0 Å². The first-order valence-corrected chi connectivity index (χ1v) is 22.9. The summed E-state index contributed by atoms with van der Waals surface area (Å²) >= 11 is 0. The Hall–Kier alpha value is -1.25. The highest BCUT2D eigenvalue weighted by molar-refractivity contribution is 7.47. The zero-order chi connectivity index (χ0) is 38.6. The standard InChI is InChI=1S/C42H82NO8P/c1-6-8-10-12-14-15-16-17-18-19-20-21-22-23-24-25-26-27-29-31-33-35-42(45)51-40(39-50-52(46,47)49-37-36-43(3,4)5)38-48-41(44)34-32-30-28-13-11-9-7-2/h19-20,40H,6-18,21-39H2,1-5H3/p+1/b20-19-. The number of carbonyl (C=O) groups excluding carboxylic acids is 2. The second-order valence-corrected chi connectivity index (χ2v) is 17.2. The van der Waals surface area contributed by atoms with Crippen LogP contribution in [-0.4, -0.2) is 74.9 Å². The minimum atomic E-state index is -4.36. The number of allylic oxidation sites excluding steroid dienone is 2. The molecule has 2 unspecified atom stereocenters. The van der Waals surface area contributed by atoms with E-state index >= 15 is 0 Å². The molecule has 0 fully saturated rings. The van der Waals surface area contributed by atoms with Gasteiger partial charge in [-0.2, -0.15) is 0 Å². The number of quaternary nitrogens is 1. The smallest absolute Gasteiger partial charge is 0.462 e. The van der Waals surface area contributed by atoms with Crippen LogP contribution in [0, 0.1) is 0 Å². The van der Waals surface area contributed by atoms with Gasteiger partial charge < -0.3 is 18.9 Å². The van der Waals surface area contributed by atoms with Gasteiger partial charge in [-0.05, 0) is 38.5 Å². The fourth-order valence-corrected chi connectivity index (χ4v) is 6.63. The molecule has 52 heavy (non-hydrogen) atoms.